The summed E-state index contributed by atoms with van der Waals surface area (Å²) in [4.78, 5) is 30.7. The SMILES string of the molecule is CC(C)C[C@@H](C(=O)NCc1cnc(C#N)c2ccccc12)n1ccc2ccc(C(F)(F)F)cc2c1=O. The zero-order chi connectivity index (χ0) is 26.0. The molecule has 0 radical (unpaired) electrons. The van der Waals surface area contributed by atoms with Crippen molar-refractivity contribution in [2.75, 3.05) is 0 Å². The number of amides is 1. The number of hydrogen-bond donors (Lipinski definition) is 1. The van der Waals surface area contributed by atoms with Crippen LogP contribution in [0.25, 0.3) is 21.5 Å². The molecule has 0 spiro atoms. The van der Waals surface area contributed by atoms with Crippen molar-refractivity contribution in [1.29, 1.82) is 5.26 Å². The second-order valence-corrected chi connectivity index (χ2v) is 8.98. The fourth-order valence-corrected chi connectivity index (χ4v) is 4.25. The molecule has 0 saturated carbocycles. The van der Waals surface area contributed by atoms with Crippen LogP contribution >= 0.6 is 0 Å². The van der Waals surface area contributed by atoms with Gasteiger partial charge in [-0.3, -0.25) is 9.59 Å². The zero-order valence-electron chi connectivity index (χ0n) is 19.6. The molecule has 2 aromatic carbocycles. The Bertz CT molecular complexity index is 1550. The quantitative estimate of drug-likeness (QED) is 0.393. The lowest BCUT2D eigenvalue weighted by Gasteiger charge is -2.22. The van der Waals surface area contributed by atoms with Crippen LogP contribution in [0.15, 0.2) is 65.7 Å². The van der Waals surface area contributed by atoms with Crippen molar-refractivity contribution in [2.45, 2.75) is 39.0 Å². The van der Waals surface area contributed by atoms with Gasteiger partial charge in [-0.2, -0.15) is 18.4 Å². The van der Waals surface area contributed by atoms with E-state index in [1.807, 2.05) is 26.0 Å². The maximum absolute atomic E-state index is 13.3. The van der Waals surface area contributed by atoms with E-state index in [1.165, 1.54) is 29.1 Å². The summed E-state index contributed by atoms with van der Waals surface area (Å²) < 4.78 is 40.9. The first-order chi connectivity index (χ1) is 17.1. The number of nitrogens with one attached hydrogen (secondary N) is 1. The predicted octanol–water partition coefficient (Wildman–Crippen LogP) is 5.34. The molecule has 4 aromatic rings. The highest BCUT2D eigenvalue weighted by atomic mass is 19.4. The van der Waals surface area contributed by atoms with E-state index in [0.717, 1.165) is 17.5 Å². The van der Waals surface area contributed by atoms with Crippen LogP contribution in [0.1, 0.15) is 43.1 Å². The molecule has 0 bridgehead atoms. The Morgan fingerprint density at radius 3 is 2.50 bits per heavy atom. The standard InChI is InChI=1S/C27H23F3N4O2/c1-16(2)11-24(34-10-9-17-7-8-19(27(28,29)30)12-22(17)26(34)36)25(35)33-15-18-14-32-23(13-31)21-6-4-3-5-20(18)21/h3-10,12,14,16,24H,11,15H2,1-2H3,(H,33,35)/t24-/m0/s1. The highest BCUT2D eigenvalue weighted by molar-refractivity contribution is 5.89. The number of aromatic nitrogens is 2. The van der Waals surface area contributed by atoms with E-state index in [1.54, 1.807) is 12.1 Å². The molecule has 0 aliphatic carbocycles. The van der Waals surface area contributed by atoms with Gasteiger partial charge < -0.3 is 9.88 Å². The Morgan fingerprint density at radius 2 is 1.83 bits per heavy atom. The molecule has 2 heterocycles. The fourth-order valence-electron chi connectivity index (χ4n) is 4.25. The lowest BCUT2D eigenvalue weighted by atomic mass is 10.0. The number of alkyl halides is 3. The van der Waals surface area contributed by atoms with E-state index in [2.05, 4.69) is 16.4 Å². The molecule has 2 aromatic heterocycles. The molecule has 1 amide bonds. The second kappa shape index (κ2) is 9.82. The Labute approximate surface area is 205 Å². The van der Waals surface area contributed by atoms with Gasteiger partial charge >= 0.3 is 6.18 Å². The largest absolute Gasteiger partial charge is 0.416 e. The molecule has 1 N–H and O–H groups in total. The van der Waals surface area contributed by atoms with Gasteiger partial charge in [0.15, 0.2) is 0 Å². The van der Waals surface area contributed by atoms with Crippen molar-refractivity contribution in [2.24, 2.45) is 5.92 Å². The normalized spacial score (nSPS) is 12.6. The summed E-state index contributed by atoms with van der Waals surface area (Å²) in [5, 5.41) is 13.9. The number of fused-ring (bicyclic) bond motifs is 2. The summed E-state index contributed by atoms with van der Waals surface area (Å²) in [7, 11) is 0. The van der Waals surface area contributed by atoms with Crippen molar-refractivity contribution in [1.82, 2.24) is 14.9 Å². The number of rotatable bonds is 6. The zero-order valence-corrected chi connectivity index (χ0v) is 19.6. The van der Waals surface area contributed by atoms with Crippen molar-refractivity contribution in [3.05, 3.63) is 88.1 Å². The number of pyridine rings is 2. The van der Waals surface area contributed by atoms with Gasteiger partial charge in [-0.15, -0.1) is 0 Å². The number of carbonyl (C=O) groups is 1. The molecule has 36 heavy (non-hydrogen) atoms. The van der Waals surface area contributed by atoms with E-state index in [0.29, 0.717) is 22.8 Å². The minimum atomic E-state index is -4.59. The predicted molar refractivity (Wildman–Crippen MR) is 130 cm³/mol. The molecule has 184 valence electrons. The average molecular weight is 493 g/mol. The van der Waals surface area contributed by atoms with Crippen LogP contribution in [0.4, 0.5) is 13.2 Å². The van der Waals surface area contributed by atoms with Crippen LogP contribution in [-0.2, 0) is 17.5 Å². The van der Waals surface area contributed by atoms with Crippen LogP contribution in [0.5, 0.6) is 0 Å². The molecule has 0 unspecified atom stereocenters. The molecule has 0 saturated heterocycles. The summed E-state index contributed by atoms with van der Waals surface area (Å²) in [6, 6.07) is 12.9. The first-order valence-electron chi connectivity index (χ1n) is 11.4. The van der Waals surface area contributed by atoms with Crippen LogP contribution < -0.4 is 10.9 Å². The number of benzene rings is 2. The van der Waals surface area contributed by atoms with Crippen LogP contribution in [0.2, 0.25) is 0 Å². The summed E-state index contributed by atoms with van der Waals surface area (Å²) in [5.74, 6) is -0.409. The lowest BCUT2D eigenvalue weighted by Crippen LogP contribution is -2.37. The van der Waals surface area contributed by atoms with Gasteiger partial charge in [-0.1, -0.05) is 44.2 Å². The highest BCUT2D eigenvalue weighted by Crippen LogP contribution is 2.31. The minimum Gasteiger partial charge on any atom is -0.350 e. The van der Waals surface area contributed by atoms with Crippen LogP contribution in [0.3, 0.4) is 0 Å². The third-order valence-electron chi connectivity index (χ3n) is 6.03. The Balaban J connectivity index is 1.68. The smallest absolute Gasteiger partial charge is 0.350 e. The van der Waals surface area contributed by atoms with Gasteiger partial charge in [0, 0.05) is 29.7 Å². The van der Waals surface area contributed by atoms with Crippen molar-refractivity contribution in [3.63, 3.8) is 0 Å². The van der Waals surface area contributed by atoms with Gasteiger partial charge in [0.25, 0.3) is 5.56 Å². The van der Waals surface area contributed by atoms with Gasteiger partial charge in [-0.05, 0) is 46.9 Å². The molecule has 9 heteroatoms. The first-order valence-corrected chi connectivity index (χ1v) is 11.4. The maximum atomic E-state index is 13.3. The average Bonchev–Trinajstić information content (AvgIpc) is 2.85. The molecule has 6 nitrogen and oxygen atoms in total. The third-order valence-corrected chi connectivity index (χ3v) is 6.03. The molecule has 0 aliphatic rings. The maximum Gasteiger partial charge on any atom is 0.416 e. The monoisotopic (exact) mass is 492 g/mol. The van der Waals surface area contributed by atoms with E-state index in [4.69, 9.17) is 0 Å². The fraction of sp³-hybridized carbons (Fsp3) is 0.259. The molecular weight excluding hydrogens is 469 g/mol. The second-order valence-electron chi connectivity index (χ2n) is 8.98. The third kappa shape index (κ3) is 4.93. The van der Waals surface area contributed by atoms with Gasteiger partial charge in [0.2, 0.25) is 5.91 Å². The lowest BCUT2D eigenvalue weighted by molar-refractivity contribution is -0.137. The van der Waals surface area contributed by atoms with E-state index in [-0.39, 0.29) is 23.5 Å². The van der Waals surface area contributed by atoms with Crippen molar-refractivity contribution < 1.29 is 18.0 Å². The molecule has 0 fully saturated rings. The molecule has 1 atom stereocenters. The van der Waals surface area contributed by atoms with Gasteiger partial charge in [-0.25, -0.2) is 4.98 Å². The summed E-state index contributed by atoms with van der Waals surface area (Å²) >= 11 is 0. The molecule has 4 rings (SSSR count). The summed E-state index contributed by atoms with van der Waals surface area (Å²) in [6.07, 6.45) is -1.31. The summed E-state index contributed by atoms with van der Waals surface area (Å²) in [5.41, 5.74) is -0.610. The topological polar surface area (TPSA) is 87.8 Å². The molecule has 0 aliphatic heterocycles. The van der Waals surface area contributed by atoms with Gasteiger partial charge in [0.05, 0.1) is 5.56 Å². The van der Waals surface area contributed by atoms with Crippen LogP contribution in [0, 0.1) is 17.2 Å². The van der Waals surface area contributed by atoms with Crippen LogP contribution in [-0.4, -0.2) is 15.5 Å². The van der Waals surface area contributed by atoms with E-state index in [9.17, 15) is 28.0 Å². The summed E-state index contributed by atoms with van der Waals surface area (Å²) in [6.45, 7) is 3.89. The molecular formula is C27H23F3N4O2. The number of carbonyl (C=O) groups excluding carboxylic acids is 1. The van der Waals surface area contributed by atoms with E-state index < -0.39 is 29.2 Å². The minimum absolute atomic E-state index is 0.0299. The van der Waals surface area contributed by atoms with Gasteiger partial charge in [0.1, 0.15) is 17.8 Å². The first kappa shape index (κ1) is 24.9. The number of halogens is 3. The highest BCUT2D eigenvalue weighted by Gasteiger charge is 2.31. The van der Waals surface area contributed by atoms with Crippen molar-refractivity contribution in [3.8, 4) is 6.07 Å². The number of nitriles is 1. The number of hydrogen-bond acceptors (Lipinski definition) is 4. The van der Waals surface area contributed by atoms with Crippen molar-refractivity contribution >= 4 is 27.5 Å². The Hall–Kier alpha value is -4.19. The number of nitrogens with zero attached hydrogens (tertiary/aromatic N) is 3. The van der Waals surface area contributed by atoms with E-state index >= 15 is 0 Å². The Kier molecular flexibility index (Phi) is 6.80. The Morgan fingerprint density at radius 1 is 1.11 bits per heavy atom.